The quantitative estimate of drug-likeness (QED) is 0.469. The smallest absolute Gasteiger partial charge is 0.264 e. The maximum absolute atomic E-state index is 13.1. The second kappa shape index (κ2) is 7.70. The predicted molar refractivity (Wildman–Crippen MR) is 112 cm³/mol. The monoisotopic (exact) mass is 496 g/mol. The number of nitrogens with zero attached hydrogens (tertiary/aromatic N) is 2. The first kappa shape index (κ1) is 20.9. The summed E-state index contributed by atoms with van der Waals surface area (Å²) < 4.78 is 66.8. The van der Waals surface area contributed by atoms with Crippen LogP contribution in [0.1, 0.15) is 17.7 Å². The number of halogens is 4. The Bertz CT molecular complexity index is 1180. The summed E-state index contributed by atoms with van der Waals surface area (Å²) in [6.07, 6.45) is -3.32. The molecule has 30 heavy (non-hydrogen) atoms. The lowest BCUT2D eigenvalue weighted by atomic mass is 10.1. The van der Waals surface area contributed by atoms with Gasteiger partial charge in [-0.3, -0.25) is 9.29 Å². The predicted octanol–water partition coefficient (Wildman–Crippen LogP) is 5.67. The van der Waals surface area contributed by atoms with E-state index in [9.17, 15) is 21.6 Å². The average Bonchev–Trinajstić information content (AvgIpc) is 2.73. The van der Waals surface area contributed by atoms with Crippen LogP contribution in [-0.4, -0.2) is 19.9 Å². The van der Waals surface area contributed by atoms with E-state index in [1.54, 1.807) is 12.1 Å². The summed E-state index contributed by atoms with van der Waals surface area (Å²) in [5.74, 6) is 0. The number of aryl methyl sites for hydroxylation is 1. The van der Waals surface area contributed by atoms with Crippen LogP contribution in [0.3, 0.4) is 0 Å². The summed E-state index contributed by atoms with van der Waals surface area (Å²) in [6, 6.07) is 14.7. The Hall–Kier alpha value is -2.39. The molecule has 2 aromatic carbocycles. The molecular weight excluding hydrogens is 481 g/mol. The van der Waals surface area contributed by atoms with Crippen molar-refractivity contribution in [2.24, 2.45) is 0 Å². The van der Waals surface area contributed by atoms with Crippen molar-refractivity contribution in [3.8, 4) is 11.3 Å². The molecule has 1 aliphatic heterocycles. The van der Waals surface area contributed by atoms with Gasteiger partial charge in [-0.15, -0.1) is 0 Å². The van der Waals surface area contributed by atoms with E-state index in [1.807, 2.05) is 24.3 Å². The number of pyridine rings is 1. The van der Waals surface area contributed by atoms with Crippen LogP contribution in [0.4, 0.5) is 18.9 Å². The van der Waals surface area contributed by atoms with Crippen molar-refractivity contribution in [1.29, 1.82) is 0 Å². The van der Waals surface area contributed by atoms with Gasteiger partial charge in [-0.05, 0) is 61.4 Å². The van der Waals surface area contributed by atoms with Crippen LogP contribution in [0.25, 0.3) is 11.3 Å². The molecular formula is C21H16BrF3N2O2S. The zero-order valence-electron chi connectivity index (χ0n) is 15.5. The minimum Gasteiger partial charge on any atom is -0.264 e. The highest BCUT2D eigenvalue weighted by Crippen LogP contribution is 2.34. The van der Waals surface area contributed by atoms with Crippen LogP contribution >= 0.6 is 15.9 Å². The first-order valence-electron chi connectivity index (χ1n) is 9.12. The number of alkyl halides is 3. The van der Waals surface area contributed by atoms with Gasteiger partial charge in [-0.1, -0.05) is 28.1 Å². The van der Waals surface area contributed by atoms with E-state index in [4.69, 9.17) is 0 Å². The van der Waals surface area contributed by atoms with E-state index in [0.29, 0.717) is 24.2 Å². The molecule has 0 saturated carbocycles. The molecule has 3 aromatic rings. The van der Waals surface area contributed by atoms with Gasteiger partial charge in [-0.25, -0.2) is 8.42 Å². The van der Waals surface area contributed by atoms with Crippen molar-refractivity contribution < 1.29 is 21.6 Å². The highest BCUT2D eigenvalue weighted by molar-refractivity contribution is 9.10. The highest BCUT2D eigenvalue weighted by atomic mass is 79.9. The largest absolute Gasteiger partial charge is 0.416 e. The Labute approximate surface area is 180 Å². The lowest BCUT2D eigenvalue weighted by Gasteiger charge is -2.30. The lowest BCUT2D eigenvalue weighted by Crippen LogP contribution is -2.36. The standard InChI is InChI=1S/C21H16BrF3N2O2S/c22-16-7-3-14(4-8-16)18-11-12-20-19(26-18)2-1-13-27(20)30(28,29)17-9-5-15(6-10-17)21(23,24)25/h3-12H,1-2,13H2. The normalized spacial score (nSPS) is 14.5. The van der Waals surface area contributed by atoms with Gasteiger partial charge in [0.05, 0.1) is 27.5 Å². The lowest BCUT2D eigenvalue weighted by molar-refractivity contribution is -0.137. The van der Waals surface area contributed by atoms with Crippen LogP contribution in [0.5, 0.6) is 0 Å². The summed E-state index contributed by atoms with van der Waals surface area (Å²) in [5.41, 5.74) is 1.86. The first-order valence-corrected chi connectivity index (χ1v) is 11.4. The van der Waals surface area contributed by atoms with E-state index in [1.165, 1.54) is 4.31 Å². The molecule has 0 fully saturated rings. The number of benzene rings is 2. The molecule has 0 atom stereocenters. The molecule has 0 radical (unpaired) electrons. The molecule has 0 N–H and O–H groups in total. The number of aromatic nitrogens is 1. The molecule has 0 spiro atoms. The van der Waals surface area contributed by atoms with E-state index >= 15 is 0 Å². The van der Waals surface area contributed by atoms with E-state index in [-0.39, 0.29) is 11.4 Å². The third-order valence-electron chi connectivity index (χ3n) is 4.90. The molecule has 0 saturated heterocycles. The maximum atomic E-state index is 13.1. The highest BCUT2D eigenvalue weighted by Gasteiger charge is 2.33. The number of hydrogen-bond donors (Lipinski definition) is 0. The SMILES string of the molecule is O=S(=O)(c1ccc(C(F)(F)F)cc1)N1CCCc2nc(-c3ccc(Br)cc3)ccc21. The van der Waals surface area contributed by atoms with Crippen LogP contribution in [0.15, 0.2) is 70.0 Å². The van der Waals surface area contributed by atoms with Crippen LogP contribution in [-0.2, 0) is 22.6 Å². The second-order valence-corrected chi connectivity index (χ2v) is 9.65. The maximum Gasteiger partial charge on any atom is 0.416 e. The average molecular weight is 497 g/mol. The third kappa shape index (κ3) is 3.96. The molecule has 2 heterocycles. The molecule has 0 bridgehead atoms. The van der Waals surface area contributed by atoms with E-state index < -0.39 is 21.8 Å². The number of hydrogen-bond acceptors (Lipinski definition) is 3. The van der Waals surface area contributed by atoms with E-state index in [2.05, 4.69) is 20.9 Å². The Morgan fingerprint density at radius 1 is 0.933 bits per heavy atom. The molecule has 1 aliphatic rings. The fourth-order valence-electron chi connectivity index (χ4n) is 3.39. The van der Waals surface area contributed by atoms with E-state index in [0.717, 1.165) is 40.0 Å². The Balaban J connectivity index is 1.69. The molecule has 0 unspecified atom stereocenters. The molecule has 0 amide bonds. The van der Waals surface area contributed by atoms with Gasteiger partial charge in [0, 0.05) is 16.6 Å². The van der Waals surface area contributed by atoms with Gasteiger partial charge in [0.25, 0.3) is 10.0 Å². The Morgan fingerprint density at radius 2 is 1.60 bits per heavy atom. The van der Waals surface area contributed by atoms with Gasteiger partial charge in [0.1, 0.15) is 0 Å². The van der Waals surface area contributed by atoms with Crippen LogP contribution in [0, 0.1) is 0 Å². The number of fused-ring (bicyclic) bond motifs is 1. The Morgan fingerprint density at radius 3 is 2.23 bits per heavy atom. The molecule has 1 aromatic heterocycles. The van der Waals surface area contributed by atoms with Crippen LogP contribution in [0.2, 0.25) is 0 Å². The topological polar surface area (TPSA) is 50.3 Å². The number of anilines is 1. The van der Waals surface area contributed by atoms with Crippen molar-refractivity contribution in [1.82, 2.24) is 4.98 Å². The summed E-state index contributed by atoms with van der Waals surface area (Å²) >= 11 is 3.39. The molecule has 9 heteroatoms. The summed E-state index contributed by atoms with van der Waals surface area (Å²) in [4.78, 5) is 4.47. The van der Waals surface area contributed by atoms with Gasteiger partial charge < -0.3 is 0 Å². The third-order valence-corrected chi connectivity index (χ3v) is 7.26. The van der Waals surface area contributed by atoms with Crippen molar-refractivity contribution in [3.05, 3.63) is 76.4 Å². The molecule has 4 nitrogen and oxygen atoms in total. The molecule has 0 aliphatic carbocycles. The van der Waals surface area contributed by atoms with Gasteiger partial charge in [0.15, 0.2) is 0 Å². The Kier molecular flexibility index (Phi) is 5.36. The summed E-state index contributed by atoms with van der Waals surface area (Å²) in [7, 11) is -4.00. The van der Waals surface area contributed by atoms with Crippen molar-refractivity contribution in [3.63, 3.8) is 0 Å². The molecule has 156 valence electrons. The van der Waals surface area contributed by atoms with Gasteiger partial charge >= 0.3 is 6.18 Å². The zero-order chi connectivity index (χ0) is 21.5. The van der Waals surface area contributed by atoms with Crippen molar-refractivity contribution >= 4 is 31.6 Å². The fraction of sp³-hybridized carbons (Fsp3) is 0.190. The minimum absolute atomic E-state index is 0.180. The number of sulfonamides is 1. The van der Waals surface area contributed by atoms with Gasteiger partial charge in [-0.2, -0.15) is 13.2 Å². The first-order chi connectivity index (χ1) is 14.2. The van der Waals surface area contributed by atoms with Gasteiger partial charge in [0.2, 0.25) is 0 Å². The summed E-state index contributed by atoms with van der Waals surface area (Å²) in [6.45, 7) is 0.246. The fourth-order valence-corrected chi connectivity index (χ4v) is 5.18. The van der Waals surface area contributed by atoms with Crippen molar-refractivity contribution in [2.45, 2.75) is 23.9 Å². The van der Waals surface area contributed by atoms with Crippen molar-refractivity contribution in [2.75, 3.05) is 10.8 Å². The zero-order valence-corrected chi connectivity index (χ0v) is 17.9. The number of rotatable bonds is 3. The minimum atomic E-state index is -4.52. The second-order valence-electron chi connectivity index (χ2n) is 6.87. The summed E-state index contributed by atoms with van der Waals surface area (Å²) in [5, 5.41) is 0. The van der Waals surface area contributed by atoms with Crippen LogP contribution < -0.4 is 4.31 Å². The molecule has 4 rings (SSSR count).